The van der Waals surface area contributed by atoms with Crippen molar-refractivity contribution < 1.29 is 28.6 Å². The number of pyridine rings is 1. The highest BCUT2D eigenvalue weighted by molar-refractivity contribution is 6.46. The van der Waals surface area contributed by atoms with E-state index in [1.165, 1.54) is 29.2 Å². The number of nitrogens with zero attached hydrogens (tertiary/aromatic N) is 2. The molecule has 1 amide bonds. The average Bonchev–Trinajstić information content (AvgIpc) is 3.37. The second-order valence-electron chi connectivity index (χ2n) is 7.41. The number of carbonyl (C=O) groups is 2. The second-order valence-corrected chi connectivity index (χ2v) is 7.41. The van der Waals surface area contributed by atoms with Gasteiger partial charge in [0.05, 0.1) is 11.6 Å². The Hall–Kier alpha value is -4.20. The number of rotatable bonds is 4. The Bertz CT molecular complexity index is 1240. The number of carbonyl (C=O) groups excluding carboxylic acids is 2. The standard InChI is InChI=1S/C24H17FN2O5/c25-17-6-3-15(4-7-17)22(28)20-21(16-5-8-18-19(10-16)32-13-31-18)27(24(30)23(20)29)12-14-2-1-9-26-11-14/h1-11,21,28H,12-13H2/t21-/m0/s1. The molecule has 0 saturated carbocycles. The quantitative estimate of drug-likeness (QED) is 0.385. The molecule has 1 N–H and O–H groups in total. The predicted octanol–water partition coefficient (Wildman–Crippen LogP) is 3.57. The molecule has 160 valence electrons. The van der Waals surface area contributed by atoms with Gasteiger partial charge in [-0.3, -0.25) is 14.6 Å². The lowest BCUT2D eigenvalue weighted by Gasteiger charge is -2.25. The van der Waals surface area contributed by atoms with E-state index in [4.69, 9.17) is 9.47 Å². The lowest BCUT2D eigenvalue weighted by Crippen LogP contribution is -2.29. The number of aliphatic hydroxyl groups excluding tert-OH is 1. The Morgan fingerprint density at radius 2 is 1.88 bits per heavy atom. The molecule has 1 fully saturated rings. The van der Waals surface area contributed by atoms with Crippen molar-refractivity contribution >= 4 is 17.4 Å². The molecule has 3 aromatic rings. The van der Waals surface area contributed by atoms with Crippen LogP contribution < -0.4 is 9.47 Å². The minimum atomic E-state index is -0.880. The predicted molar refractivity (Wildman–Crippen MR) is 111 cm³/mol. The summed E-state index contributed by atoms with van der Waals surface area (Å²) < 4.78 is 24.2. The third-order valence-corrected chi connectivity index (χ3v) is 5.45. The average molecular weight is 432 g/mol. The summed E-state index contributed by atoms with van der Waals surface area (Å²) in [5.74, 6) is -1.39. The minimum absolute atomic E-state index is 0.0737. The van der Waals surface area contributed by atoms with Gasteiger partial charge in [0.2, 0.25) is 6.79 Å². The number of amides is 1. The van der Waals surface area contributed by atoms with Crippen molar-refractivity contribution in [3.63, 3.8) is 0 Å². The minimum Gasteiger partial charge on any atom is -0.507 e. The van der Waals surface area contributed by atoms with Crippen LogP contribution in [0.4, 0.5) is 4.39 Å². The van der Waals surface area contributed by atoms with E-state index in [1.807, 2.05) is 0 Å². The van der Waals surface area contributed by atoms with Gasteiger partial charge >= 0.3 is 0 Å². The number of aromatic nitrogens is 1. The van der Waals surface area contributed by atoms with Crippen molar-refractivity contribution in [1.82, 2.24) is 9.88 Å². The summed E-state index contributed by atoms with van der Waals surface area (Å²) in [7, 11) is 0. The first-order chi connectivity index (χ1) is 15.5. The molecule has 0 spiro atoms. The van der Waals surface area contributed by atoms with E-state index in [0.717, 1.165) is 5.56 Å². The van der Waals surface area contributed by atoms with Gasteiger partial charge in [-0.05, 0) is 53.6 Å². The zero-order valence-electron chi connectivity index (χ0n) is 16.7. The van der Waals surface area contributed by atoms with Crippen LogP contribution in [0.3, 0.4) is 0 Å². The van der Waals surface area contributed by atoms with E-state index < -0.39 is 23.5 Å². The van der Waals surface area contributed by atoms with E-state index in [9.17, 15) is 19.1 Å². The Morgan fingerprint density at radius 3 is 2.62 bits per heavy atom. The number of aliphatic hydroxyl groups is 1. The molecule has 0 aliphatic carbocycles. The first-order valence-corrected chi connectivity index (χ1v) is 9.86. The first-order valence-electron chi connectivity index (χ1n) is 9.86. The number of ether oxygens (including phenoxy) is 2. The van der Waals surface area contributed by atoms with Gasteiger partial charge < -0.3 is 19.5 Å². The van der Waals surface area contributed by atoms with Gasteiger partial charge in [0.1, 0.15) is 11.6 Å². The van der Waals surface area contributed by atoms with Crippen LogP contribution in [0.1, 0.15) is 22.7 Å². The molecule has 2 aromatic carbocycles. The molecular weight excluding hydrogens is 415 g/mol. The number of benzene rings is 2. The van der Waals surface area contributed by atoms with Crippen LogP contribution >= 0.6 is 0 Å². The van der Waals surface area contributed by atoms with Crippen molar-refractivity contribution in [3.05, 3.63) is 95.1 Å². The molecular formula is C24H17FN2O5. The lowest BCUT2D eigenvalue weighted by atomic mass is 9.95. The molecule has 1 saturated heterocycles. The summed E-state index contributed by atoms with van der Waals surface area (Å²) in [5.41, 5.74) is 1.45. The molecule has 5 rings (SSSR count). The van der Waals surface area contributed by atoms with Crippen molar-refractivity contribution in [2.75, 3.05) is 6.79 Å². The topological polar surface area (TPSA) is 89.0 Å². The van der Waals surface area contributed by atoms with Crippen LogP contribution in [0.5, 0.6) is 11.5 Å². The maximum Gasteiger partial charge on any atom is 0.295 e. The zero-order chi connectivity index (χ0) is 22.2. The highest BCUT2D eigenvalue weighted by Crippen LogP contribution is 2.43. The van der Waals surface area contributed by atoms with Crippen LogP contribution in [-0.2, 0) is 16.1 Å². The maximum absolute atomic E-state index is 13.4. The number of Topliss-reactive ketones (excluding diaryl/α,β-unsaturated/α-hetero) is 1. The molecule has 3 heterocycles. The Balaban J connectivity index is 1.65. The summed E-state index contributed by atoms with van der Waals surface area (Å²) in [6.07, 6.45) is 3.22. The van der Waals surface area contributed by atoms with Gasteiger partial charge in [0.25, 0.3) is 11.7 Å². The molecule has 0 radical (unpaired) electrons. The fraction of sp³-hybridized carbons (Fsp3) is 0.125. The van der Waals surface area contributed by atoms with Crippen molar-refractivity contribution in [2.45, 2.75) is 12.6 Å². The van der Waals surface area contributed by atoms with Crippen molar-refractivity contribution in [1.29, 1.82) is 0 Å². The number of hydrogen-bond donors (Lipinski definition) is 1. The highest BCUT2D eigenvalue weighted by Gasteiger charge is 2.46. The Kier molecular flexibility index (Phi) is 4.82. The van der Waals surface area contributed by atoms with E-state index >= 15 is 0 Å². The second kappa shape index (κ2) is 7.81. The van der Waals surface area contributed by atoms with Crippen LogP contribution in [0.25, 0.3) is 5.76 Å². The molecule has 7 nitrogen and oxygen atoms in total. The molecule has 8 heteroatoms. The van der Waals surface area contributed by atoms with E-state index in [0.29, 0.717) is 17.1 Å². The zero-order valence-corrected chi connectivity index (χ0v) is 16.7. The summed E-state index contributed by atoms with van der Waals surface area (Å²) in [5, 5.41) is 11.0. The van der Waals surface area contributed by atoms with E-state index in [1.54, 1.807) is 42.7 Å². The molecule has 0 unspecified atom stereocenters. The summed E-state index contributed by atoms with van der Waals surface area (Å²) in [6.45, 7) is 0.182. The molecule has 1 atom stereocenters. The lowest BCUT2D eigenvalue weighted by molar-refractivity contribution is -0.140. The van der Waals surface area contributed by atoms with Gasteiger partial charge in [-0.2, -0.15) is 0 Å². The molecule has 1 aromatic heterocycles. The fourth-order valence-corrected chi connectivity index (χ4v) is 3.92. The Labute approximate surface area is 182 Å². The molecule has 2 aliphatic rings. The van der Waals surface area contributed by atoms with Gasteiger partial charge in [0.15, 0.2) is 11.5 Å². The number of fused-ring (bicyclic) bond motifs is 1. The summed E-state index contributed by atoms with van der Waals surface area (Å²) in [6, 6.07) is 12.8. The normalized spacial score (nSPS) is 18.9. The number of hydrogen-bond acceptors (Lipinski definition) is 6. The number of likely N-dealkylation sites (tertiary alicyclic amines) is 1. The van der Waals surface area contributed by atoms with Crippen LogP contribution in [0, 0.1) is 5.82 Å². The maximum atomic E-state index is 13.4. The van der Waals surface area contributed by atoms with Crippen LogP contribution in [0.2, 0.25) is 0 Å². The molecule has 32 heavy (non-hydrogen) atoms. The van der Waals surface area contributed by atoms with E-state index in [-0.39, 0.29) is 30.2 Å². The number of ketones is 1. The largest absolute Gasteiger partial charge is 0.507 e. The van der Waals surface area contributed by atoms with Gasteiger partial charge in [-0.25, -0.2) is 4.39 Å². The molecule has 0 bridgehead atoms. The third-order valence-electron chi connectivity index (χ3n) is 5.45. The van der Waals surface area contributed by atoms with Crippen molar-refractivity contribution in [3.8, 4) is 11.5 Å². The fourth-order valence-electron chi connectivity index (χ4n) is 3.92. The smallest absolute Gasteiger partial charge is 0.295 e. The van der Waals surface area contributed by atoms with Crippen LogP contribution in [-0.4, -0.2) is 33.5 Å². The first kappa shape index (κ1) is 19.7. The SMILES string of the molecule is O=C1C(=O)N(Cc2cccnc2)[C@@H](c2ccc3c(c2)OCO3)C1=C(O)c1ccc(F)cc1. The molecule has 2 aliphatic heterocycles. The Morgan fingerprint density at radius 1 is 1.09 bits per heavy atom. The van der Waals surface area contributed by atoms with Gasteiger partial charge in [-0.1, -0.05) is 12.1 Å². The van der Waals surface area contributed by atoms with Gasteiger partial charge in [-0.15, -0.1) is 0 Å². The third kappa shape index (κ3) is 3.35. The van der Waals surface area contributed by atoms with Crippen molar-refractivity contribution in [2.24, 2.45) is 0 Å². The monoisotopic (exact) mass is 432 g/mol. The highest BCUT2D eigenvalue weighted by atomic mass is 19.1. The number of halogens is 1. The van der Waals surface area contributed by atoms with E-state index in [2.05, 4.69) is 4.98 Å². The summed E-state index contributed by atoms with van der Waals surface area (Å²) in [4.78, 5) is 31.5. The summed E-state index contributed by atoms with van der Waals surface area (Å²) >= 11 is 0. The van der Waals surface area contributed by atoms with Gasteiger partial charge in [0, 0.05) is 24.5 Å². The van der Waals surface area contributed by atoms with Crippen LogP contribution in [0.15, 0.2) is 72.6 Å².